The third kappa shape index (κ3) is 3.48. The Morgan fingerprint density at radius 2 is 2.06 bits per heavy atom. The molecule has 2 amide bonds. The van der Waals surface area contributed by atoms with Crippen LogP contribution in [0.2, 0.25) is 0 Å². The van der Waals surface area contributed by atoms with Gasteiger partial charge in [-0.15, -0.1) is 0 Å². The average molecular weight is 248 g/mol. The molecule has 0 bridgehead atoms. The highest BCUT2D eigenvalue weighted by atomic mass is 32.2. The molecule has 0 aliphatic carbocycles. The maximum atomic E-state index is 11.5. The van der Waals surface area contributed by atoms with Gasteiger partial charge >= 0.3 is 0 Å². The number of carbonyl (C=O) groups is 2. The van der Waals surface area contributed by atoms with Crippen molar-refractivity contribution in [1.82, 2.24) is 10.2 Å². The minimum atomic E-state index is -3.01. The third-order valence-electron chi connectivity index (χ3n) is 2.50. The van der Waals surface area contributed by atoms with Gasteiger partial charge < -0.3 is 10.2 Å². The lowest BCUT2D eigenvalue weighted by Crippen LogP contribution is -2.57. The minimum absolute atomic E-state index is 0.00203. The molecule has 6 nitrogen and oxygen atoms in total. The van der Waals surface area contributed by atoms with E-state index in [0.717, 1.165) is 6.26 Å². The summed E-state index contributed by atoms with van der Waals surface area (Å²) in [6, 6.07) is -0.513. The van der Waals surface area contributed by atoms with E-state index < -0.39 is 15.9 Å². The van der Waals surface area contributed by atoms with Gasteiger partial charge in [-0.2, -0.15) is 0 Å². The Morgan fingerprint density at radius 1 is 1.44 bits per heavy atom. The summed E-state index contributed by atoms with van der Waals surface area (Å²) in [7, 11) is -3.01. The molecule has 1 aliphatic rings. The van der Waals surface area contributed by atoms with Crippen molar-refractivity contribution in [2.75, 3.05) is 25.1 Å². The fourth-order valence-corrected chi connectivity index (χ4v) is 2.24. The van der Waals surface area contributed by atoms with Gasteiger partial charge in [0.25, 0.3) is 0 Å². The van der Waals surface area contributed by atoms with Crippen molar-refractivity contribution in [3.63, 3.8) is 0 Å². The van der Waals surface area contributed by atoms with Crippen LogP contribution >= 0.6 is 0 Å². The quantitative estimate of drug-likeness (QED) is 0.675. The Hall–Kier alpha value is -1.11. The minimum Gasteiger partial charge on any atom is -0.345 e. The largest absolute Gasteiger partial charge is 0.345 e. The summed E-state index contributed by atoms with van der Waals surface area (Å²) in [6.45, 7) is 1.94. The highest BCUT2D eigenvalue weighted by Gasteiger charge is 2.30. The number of carbonyl (C=O) groups excluding carboxylic acids is 2. The highest BCUT2D eigenvalue weighted by molar-refractivity contribution is 7.90. The molecule has 0 spiro atoms. The van der Waals surface area contributed by atoms with Gasteiger partial charge in [0.15, 0.2) is 0 Å². The van der Waals surface area contributed by atoms with Crippen LogP contribution in [0.5, 0.6) is 0 Å². The van der Waals surface area contributed by atoms with Gasteiger partial charge in [-0.25, -0.2) is 8.42 Å². The normalized spacial score (nSPS) is 22.1. The van der Waals surface area contributed by atoms with E-state index >= 15 is 0 Å². The van der Waals surface area contributed by atoms with E-state index in [4.69, 9.17) is 0 Å². The first-order valence-corrected chi connectivity index (χ1v) is 7.12. The second-order valence-corrected chi connectivity index (χ2v) is 6.22. The van der Waals surface area contributed by atoms with Crippen molar-refractivity contribution in [1.29, 1.82) is 0 Å². The summed E-state index contributed by atoms with van der Waals surface area (Å²) in [6.07, 6.45) is 1.52. The summed E-state index contributed by atoms with van der Waals surface area (Å²) in [5.41, 5.74) is 0. The number of hydrogen-bond acceptors (Lipinski definition) is 4. The van der Waals surface area contributed by atoms with Gasteiger partial charge in [-0.1, -0.05) is 0 Å². The maximum absolute atomic E-state index is 11.5. The zero-order chi connectivity index (χ0) is 12.3. The first kappa shape index (κ1) is 13.0. The van der Waals surface area contributed by atoms with Gasteiger partial charge in [0, 0.05) is 12.8 Å². The molecule has 1 fully saturated rings. The van der Waals surface area contributed by atoms with Crippen LogP contribution in [0, 0.1) is 0 Å². The molecule has 0 radical (unpaired) electrons. The second-order valence-electron chi connectivity index (χ2n) is 3.96. The van der Waals surface area contributed by atoms with Crippen LogP contribution in [0.1, 0.15) is 13.3 Å². The molecule has 1 aliphatic heterocycles. The van der Waals surface area contributed by atoms with Crippen molar-refractivity contribution < 1.29 is 18.0 Å². The van der Waals surface area contributed by atoms with Crippen LogP contribution in [0.4, 0.5) is 0 Å². The number of sulfone groups is 1. The molecule has 7 heteroatoms. The van der Waals surface area contributed by atoms with Crippen LogP contribution in [0.15, 0.2) is 0 Å². The molecular formula is C9H16N2O4S. The Morgan fingerprint density at radius 3 is 2.62 bits per heavy atom. The first-order valence-electron chi connectivity index (χ1n) is 5.06. The molecule has 92 valence electrons. The molecule has 1 atom stereocenters. The van der Waals surface area contributed by atoms with E-state index in [1.807, 2.05) is 0 Å². The van der Waals surface area contributed by atoms with Gasteiger partial charge in [0.1, 0.15) is 15.9 Å². The van der Waals surface area contributed by atoms with E-state index in [1.165, 1.54) is 4.90 Å². The Labute approximate surface area is 94.9 Å². The highest BCUT2D eigenvalue weighted by Crippen LogP contribution is 2.06. The lowest BCUT2D eigenvalue weighted by molar-refractivity contribution is -0.144. The second kappa shape index (κ2) is 4.82. The summed E-state index contributed by atoms with van der Waals surface area (Å²) < 4.78 is 21.8. The zero-order valence-electron chi connectivity index (χ0n) is 9.39. The fourth-order valence-electron chi connectivity index (χ4n) is 1.58. The molecule has 0 aromatic rings. The van der Waals surface area contributed by atoms with E-state index in [-0.39, 0.29) is 24.1 Å². The van der Waals surface area contributed by atoms with Crippen LogP contribution in [0.3, 0.4) is 0 Å². The standard InChI is InChI=1S/C9H16N2O4S/c1-7-9(13)10-6-8(12)11(7)4-3-5-16(2,14)15/h7H,3-6H2,1-2H3,(H,10,13). The summed E-state index contributed by atoms with van der Waals surface area (Å²) in [5, 5.41) is 2.47. The molecular weight excluding hydrogens is 232 g/mol. The fraction of sp³-hybridized carbons (Fsp3) is 0.778. The number of amides is 2. The SMILES string of the molecule is CC1C(=O)NCC(=O)N1CCCS(C)(=O)=O. The summed E-state index contributed by atoms with van der Waals surface area (Å²) in [4.78, 5) is 24.2. The van der Waals surface area contributed by atoms with Crippen molar-refractivity contribution in [2.24, 2.45) is 0 Å². The van der Waals surface area contributed by atoms with Gasteiger partial charge in [0.05, 0.1) is 12.3 Å². The van der Waals surface area contributed by atoms with Crippen molar-refractivity contribution >= 4 is 21.7 Å². The van der Waals surface area contributed by atoms with Crippen LogP contribution in [-0.2, 0) is 19.4 Å². The zero-order valence-corrected chi connectivity index (χ0v) is 10.2. The maximum Gasteiger partial charge on any atom is 0.242 e. The predicted molar refractivity (Wildman–Crippen MR) is 58.5 cm³/mol. The first-order chi connectivity index (χ1) is 7.31. The topological polar surface area (TPSA) is 83.6 Å². The molecule has 1 unspecified atom stereocenters. The van der Waals surface area contributed by atoms with E-state index in [2.05, 4.69) is 5.32 Å². The van der Waals surface area contributed by atoms with Crippen LogP contribution in [-0.4, -0.2) is 56.3 Å². The average Bonchev–Trinajstić information content (AvgIpc) is 2.16. The third-order valence-corrected chi connectivity index (χ3v) is 3.53. The molecule has 0 saturated carbocycles. The molecule has 0 aromatic carbocycles. The van der Waals surface area contributed by atoms with Gasteiger partial charge in [0.2, 0.25) is 11.8 Å². The van der Waals surface area contributed by atoms with Crippen LogP contribution in [0.25, 0.3) is 0 Å². The van der Waals surface area contributed by atoms with Crippen molar-refractivity contribution in [3.05, 3.63) is 0 Å². The lowest BCUT2D eigenvalue weighted by Gasteiger charge is -2.32. The van der Waals surface area contributed by atoms with Gasteiger partial charge in [-0.05, 0) is 13.3 Å². The number of hydrogen-bond donors (Lipinski definition) is 1. The van der Waals surface area contributed by atoms with E-state index in [1.54, 1.807) is 6.92 Å². The lowest BCUT2D eigenvalue weighted by atomic mass is 10.2. The van der Waals surface area contributed by atoms with Crippen molar-refractivity contribution in [2.45, 2.75) is 19.4 Å². The number of nitrogens with zero attached hydrogens (tertiary/aromatic N) is 1. The van der Waals surface area contributed by atoms with E-state index in [9.17, 15) is 18.0 Å². The van der Waals surface area contributed by atoms with Crippen molar-refractivity contribution in [3.8, 4) is 0 Å². The smallest absolute Gasteiger partial charge is 0.242 e. The summed E-state index contributed by atoms with van der Waals surface area (Å²) >= 11 is 0. The Balaban J connectivity index is 2.51. The Kier molecular flexibility index (Phi) is 3.90. The molecule has 1 saturated heterocycles. The molecule has 0 aromatic heterocycles. The number of nitrogens with one attached hydrogen (secondary N) is 1. The predicted octanol–water partition coefficient (Wildman–Crippen LogP) is -1.23. The van der Waals surface area contributed by atoms with E-state index in [0.29, 0.717) is 13.0 Å². The summed E-state index contributed by atoms with van der Waals surface area (Å²) in [5.74, 6) is -0.329. The molecule has 16 heavy (non-hydrogen) atoms. The number of rotatable bonds is 4. The Bertz CT molecular complexity index is 390. The molecule has 1 rings (SSSR count). The van der Waals surface area contributed by atoms with Crippen LogP contribution < -0.4 is 5.32 Å². The monoisotopic (exact) mass is 248 g/mol. The molecule has 1 heterocycles. The number of piperazine rings is 1. The molecule has 1 N–H and O–H groups in total. The van der Waals surface area contributed by atoms with Gasteiger partial charge in [-0.3, -0.25) is 9.59 Å².